The summed E-state index contributed by atoms with van der Waals surface area (Å²) >= 11 is 1.50. The number of anilines is 1. The van der Waals surface area contributed by atoms with Gasteiger partial charge in [-0.25, -0.2) is 9.97 Å². The van der Waals surface area contributed by atoms with E-state index in [1.54, 1.807) is 18.5 Å². The maximum atomic E-state index is 5.64. The van der Waals surface area contributed by atoms with Gasteiger partial charge < -0.3 is 5.73 Å². The third-order valence-corrected chi connectivity index (χ3v) is 2.49. The van der Waals surface area contributed by atoms with Crippen LogP contribution in [0.1, 0.15) is 0 Å². The molecule has 70 valence electrons. The second-order valence-electron chi connectivity index (χ2n) is 2.70. The summed E-state index contributed by atoms with van der Waals surface area (Å²) in [4.78, 5) is 8.36. The Labute approximate surface area is 86.4 Å². The highest BCUT2D eigenvalue weighted by Crippen LogP contribution is 2.24. The van der Waals surface area contributed by atoms with E-state index in [2.05, 4.69) is 9.97 Å². The maximum absolute atomic E-state index is 5.64. The van der Waals surface area contributed by atoms with Crippen LogP contribution in [0.5, 0.6) is 0 Å². The van der Waals surface area contributed by atoms with Crippen LogP contribution in [-0.4, -0.2) is 9.97 Å². The summed E-state index contributed by atoms with van der Waals surface area (Å²) in [5.41, 5.74) is 6.36. The highest BCUT2D eigenvalue weighted by Gasteiger charge is 1.98. The molecule has 2 rings (SSSR count). The average molecular weight is 203 g/mol. The van der Waals surface area contributed by atoms with E-state index in [1.165, 1.54) is 11.8 Å². The van der Waals surface area contributed by atoms with Gasteiger partial charge in [-0.3, -0.25) is 0 Å². The van der Waals surface area contributed by atoms with Gasteiger partial charge in [0.05, 0.1) is 0 Å². The Bertz CT molecular complexity index is 417. The summed E-state index contributed by atoms with van der Waals surface area (Å²) in [6.07, 6.45) is 3.45. The van der Waals surface area contributed by atoms with E-state index in [9.17, 15) is 0 Å². The molecule has 0 bridgehead atoms. The Hall–Kier alpha value is -1.55. The minimum atomic E-state index is 0.721. The van der Waals surface area contributed by atoms with Crippen LogP contribution < -0.4 is 5.73 Å². The van der Waals surface area contributed by atoms with E-state index in [4.69, 9.17) is 5.73 Å². The molecular formula is C10H9N3S. The van der Waals surface area contributed by atoms with Crippen molar-refractivity contribution >= 4 is 17.4 Å². The molecule has 0 saturated carbocycles. The van der Waals surface area contributed by atoms with Gasteiger partial charge in [0.1, 0.15) is 10.1 Å². The van der Waals surface area contributed by atoms with Crippen molar-refractivity contribution in [1.29, 1.82) is 0 Å². The smallest absolute Gasteiger partial charge is 0.104 e. The minimum Gasteiger partial charge on any atom is -0.399 e. The summed E-state index contributed by atoms with van der Waals surface area (Å²) < 4.78 is 0. The van der Waals surface area contributed by atoms with Crippen molar-refractivity contribution in [3.63, 3.8) is 0 Å². The van der Waals surface area contributed by atoms with Crippen LogP contribution in [0.2, 0.25) is 0 Å². The zero-order valence-corrected chi connectivity index (χ0v) is 8.24. The second-order valence-corrected chi connectivity index (χ2v) is 3.74. The molecule has 0 aromatic carbocycles. The van der Waals surface area contributed by atoms with Crippen molar-refractivity contribution in [2.75, 3.05) is 5.73 Å². The molecule has 0 spiro atoms. The van der Waals surface area contributed by atoms with Crippen LogP contribution in [0.4, 0.5) is 5.69 Å². The Balaban J connectivity index is 2.19. The molecule has 0 atom stereocenters. The van der Waals surface area contributed by atoms with Gasteiger partial charge in [0.15, 0.2) is 0 Å². The minimum absolute atomic E-state index is 0.721. The molecule has 0 aliphatic carbocycles. The number of hydrogen-bond donors (Lipinski definition) is 1. The summed E-state index contributed by atoms with van der Waals surface area (Å²) in [6.45, 7) is 0. The number of nitrogen functional groups attached to an aromatic ring is 1. The van der Waals surface area contributed by atoms with Crippen molar-refractivity contribution in [3.05, 3.63) is 42.7 Å². The third kappa shape index (κ3) is 2.23. The molecule has 0 aliphatic rings. The van der Waals surface area contributed by atoms with Gasteiger partial charge in [-0.2, -0.15) is 0 Å². The Kier molecular flexibility index (Phi) is 2.65. The fourth-order valence-electron chi connectivity index (χ4n) is 0.995. The van der Waals surface area contributed by atoms with Gasteiger partial charge in [0.25, 0.3) is 0 Å². The maximum Gasteiger partial charge on any atom is 0.104 e. The fraction of sp³-hybridized carbons (Fsp3) is 0. The normalized spacial score (nSPS) is 10.0. The second kappa shape index (κ2) is 4.11. The zero-order chi connectivity index (χ0) is 9.80. The van der Waals surface area contributed by atoms with E-state index in [1.807, 2.05) is 24.3 Å². The molecule has 2 aromatic heterocycles. The van der Waals surface area contributed by atoms with Crippen molar-refractivity contribution in [2.45, 2.75) is 10.1 Å². The highest BCUT2D eigenvalue weighted by atomic mass is 32.2. The summed E-state index contributed by atoms with van der Waals surface area (Å²) in [5, 5.41) is 1.79. The molecule has 14 heavy (non-hydrogen) atoms. The van der Waals surface area contributed by atoms with Crippen LogP contribution in [0, 0.1) is 0 Å². The van der Waals surface area contributed by atoms with Crippen LogP contribution in [0.3, 0.4) is 0 Å². The Morgan fingerprint density at radius 3 is 2.57 bits per heavy atom. The van der Waals surface area contributed by atoms with E-state index >= 15 is 0 Å². The first-order valence-corrected chi connectivity index (χ1v) is 4.97. The molecule has 4 heteroatoms. The van der Waals surface area contributed by atoms with Crippen LogP contribution in [0.25, 0.3) is 0 Å². The van der Waals surface area contributed by atoms with E-state index < -0.39 is 0 Å². The summed E-state index contributed by atoms with van der Waals surface area (Å²) in [5.74, 6) is 0. The van der Waals surface area contributed by atoms with Gasteiger partial charge in [0, 0.05) is 18.1 Å². The SMILES string of the molecule is Nc1ccnc(Sc2ccccn2)c1. The van der Waals surface area contributed by atoms with Gasteiger partial charge in [0.2, 0.25) is 0 Å². The zero-order valence-electron chi connectivity index (χ0n) is 7.42. The lowest BCUT2D eigenvalue weighted by atomic mass is 10.4. The van der Waals surface area contributed by atoms with E-state index in [-0.39, 0.29) is 0 Å². The number of rotatable bonds is 2. The van der Waals surface area contributed by atoms with Gasteiger partial charge in [-0.05, 0) is 24.3 Å². The first kappa shape index (κ1) is 9.02. The lowest BCUT2D eigenvalue weighted by Crippen LogP contribution is -1.87. The molecule has 2 heterocycles. The molecular weight excluding hydrogens is 194 g/mol. The van der Waals surface area contributed by atoms with E-state index in [0.29, 0.717) is 0 Å². The number of aromatic nitrogens is 2. The van der Waals surface area contributed by atoms with Crippen molar-refractivity contribution in [3.8, 4) is 0 Å². The molecule has 0 saturated heterocycles. The molecule has 0 radical (unpaired) electrons. The largest absolute Gasteiger partial charge is 0.399 e. The van der Waals surface area contributed by atoms with Gasteiger partial charge in [-0.1, -0.05) is 17.8 Å². The first-order valence-electron chi connectivity index (χ1n) is 4.15. The van der Waals surface area contributed by atoms with Gasteiger partial charge >= 0.3 is 0 Å². The molecule has 0 aliphatic heterocycles. The molecule has 3 nitrogen and oxygen atoms in total. The topological polar surface area (TPSA) is 51.8 Å². The van der Waals surface area contributed by atoms with Gasteiger partial charge in [-0.15, -0.1) is 0 Å². The van der Waals surface area contributed by atoms with Crippen LogP contribution in [0.15, 0.2) is 52.8 Å². The third-order valence-electron chi connectivity index (χ3n) is 1.61. The molecule has 2 aromatic rings. The van der Waals surface area contributed by atoms with Crippen molar-refractivity contribution < 1.29 is 0 Å². The number of nitrogens with zero attached hydrogens (tertiary/aromatic N) is 2. The summed E-state index contributed by atoms with van der Waals surface area (Å²) in [7, 11) is 0. The predicted molar refractivity (Wildman–Crippen MR) is 57.0 cm³/mol. The molecule has 2 N–H and O–H groups in total. The number of nitrogens with two attached hydrogens (primary N) is 1. The Morgan fingerprint density at radius 2 is 1.86 bits per heavy atom. The fourth-order valence-corrected chi connectivity index (χ4v) is 1.78. The number of pyridine rings is 2. The van der Waals surface area contributed by atoms with Crippen molar-refractivity contribution in [2.24, 2.45) is 0 Å². The Morgan fingerprint density at radius 1 is 1.00 bits per heavy atom. The average Bonchev–Trinajstić information content (AvgIpc) is 2.19. The monoisotopic (exact) mass is 203 g/mol. The van der Waals surface area contributed by atoms with Crippen LogP contribution >= 0.6 is 11.8 Å². The standard InChI is InChI=1S/C10H9N3S/c11-8-4-6-13-10(7-8)14-9-3-1-2-5-12-9/h1-7H,(H2,11,13). The number of hydrogen-bond acceptors (Lipinski definition) is 4. The lowest BCUT2D eigenvalue weighted by molar-refractivity contribution is 1.09. The summed E-state index contributed by atoms with van der Waals surface area (Å²) in [6, 6.07) is 9.37. The highest BCUT2D eigenvalue weighted by molar-refractivity contribution is 7.99. The molecule has 0 amide bonds. The quantitative estimate of drug-likeness (QED) is 0.813. The first-order chi connectivity index (χ1) is 6.84. The van der Waals surface area contributed by atoms with Crippen LogP contribution in [-0.2, 0) is 0 Å². The molecule has 0 fully saturated rings. The lowest BCUT2D eigenvalue weighted by Gasteiger charge is -1.99. The van der Waals surface area contributed by atoms with Crippen molar-refractivity contribution in [1.82, 2.24) is 9.97 Å². The molecule has 0 unspecified atom stereocenters. The van der Waals surface area contributed by atoms with E-state index in [0.717, 1.165) is 15.7 Å². The predicted octanol–water partition coefficient (Wildman–Crippen LogP) is 2.21.